The molecule has 3 aromatic heterocycles. The van der Waals surface area contributed by atoms with Gasteiger partial charge in [0.1, 0.15) is 40.5 Å². The van der Waals surface area contributed by atoms with Gasteiger partial charge in [0, 0.05) is 38.7 Å². The van der Waals surface area contributed by atoms with Crippen molar-refractivity contribution >= 4 is 82.2 Å². The lowest BCUT2D eigenvalue weighted by Crippen LogP contribution is -2.45. The van der Waals surface area contributed by atoms with E-state index >= 15 is 0 Å². The predicted octanol–water partition coefficient (Wildman–Crippen LogP) is 12.3. The molecule has 2 atom stereocenters. The van der Waals surface area contributed by atoms with Crippen LogP contribution in [0.3, 0.4) is 0 Å². The van der Waals surface area contributed by atoms with Crippen LogP contribution >= 0.6 is 0 Å². The molecule has 0 bridgehead atoms. The van der Waals surface area contributed by atoms with Crippen LogP contribution in [0, 0.1) is 0 Å². The Morgan fingerprint density at radius 3 is 2.18 bits per heavy atom. The number of hydrogen-bond donors (Lipinski definition) is 2. The number of amidine groups is 1. The molecule has 0 spiro atoms. The summed E-state index contributed by atoms with van der Waals surface area (Å²) in [7, 11) is 0. The Hall–Kier alpha value is -7.28. The summed E-state index contributed by atoms with van der Waals surface area (Å²) in [5, 5.41) is 17.7. The second kappa shape index (κ2) is 12.1. The van der Waals surface area contributed by atoms with Crippen molar-refractivity contribution in [2.24, 2.45) is 4.99 Å². The third kappa shape index (κ3) is 4.93. The van der Waals surface area contributed by atoms with Gasteiger partial charge in [-0.1, -0.05) is 109 Å². The largest absolute Gasteiger partial charge is 0.456 e. The van der Waals surface area contributed by atoms with E-state index in [2.05, 4.69) is 161 Å². The van der Waals surface area contributed by atoms with Crippen molar-refractivity contribution in [3.8, 4) is 11.1 Å². The lowest BCUT2D eigenvalue weighted by atomic mass is 9.91. The molecule has 8 aromatic carbocycles. The predicted molar refractivity (Wildman–Crippen MR) is 228 cm³/mol. The minimum Gasteiger partial charge on any atom is -0.456 e. The fourth-order valence-corrected chi connectivity index (χ4v) is 8.64. The van der Waals surface area contributed by atoms with Gasteiger partial charge in [0.15, 0.2) is 0 Å². The molecular weight excluding hydrogens is 689 g/mol. The summed E-state index contributed by atoms with van der Waals surface area (Å²) in [5.41, 5.74) is 9.76. The first kappa shape index (κ1) is 31.1. The zero-order valence-electron chi connectivity index (χ0n) is 30.0. The van der Waals surface area contributed by atoms with Gasteiger partial charge in [-0.05, 0) is 98.4 Å². The summed E-state index contributed by atoms with van der Waals surface area (Å²) in [6.07, 6.45) is 1.22. The van der Waals surface area contributed by atoms with Crippen molar-refractivity contribution in [2.75, 3.05) is 0 Å². The highest BCUT2D eigenvalue weighted by Gasteiger charge is 2.27. The highest BCUT2D eigenvalue weighted by Crippen LogP contribution is 2.42. The van der Waals surface area contributed by atoms with Gasteiger partial charge in [-0.3, -0.25) is 10.3 Å². The Morgan fingerprint density at radius 1 is 0.464 bits per heavy atom. The van der Waals surface area contributed by atoms with Crippen molar-refractivity contribution in [2.45, 2.75) is 12.3 Å². The van der Waals surface area contributed by atoms with E-state index in [1.807, 2.05) is 24.4 Å². The first-order chi connectivity index (χ1) is 27.7. The second-order valence-electron chi connectivity index (χ2n) is 14.7. The van der Waals surface area contributed by atoms with Gasteiger partial charge < -0.3 is 14.2 Å². The van der Waals surface area contributed by atoms with E-state index in [1.165, 1.54) is 10.8 Å². The maximum atomic E-state index is 6.51. The van der Waals surface area contributed by atoms with Crippen LogP contribution in [0.4, 0.5) is 0 Å². The van der Waals surface area contributed by atoms with Gasteiger partial charge in [0.25, 0.3) is 0 Å². The number of furan rings is 2. The van der Waals surface area contributed by atoms with Crippen LogP contribution < -0.4 is 10.6 Å². The van der Waals surface area contributed by atoms with Gasteiger partial charge >= 0.3 is 0 Å². The molecule has 11 aromatic rings. The lowest BCUT2D eigenvalue weighted by molar-refractivity contribution is 0.409. The summed E-state index contributed by atoms with van der Waals surface area (Å²) in [4.78, 5) is 10.1. The second-order valence-corrected chi connectivity index (χ2v) is 14.7. The summed E-state index contributed by atoms with van der Waals surface area (Å²) < 4.78 is 12.9. The first-order valence-corrected chi connectivity index (χ1v) is 18.9. The Bertz CT molecular complexity index is 3410. The van der Waals surface area contributed by atoms with E-state index in [0.29, 0.717) is 0 Å². The maximum Gasteiger partial charge on any atom is 0.136 e. The van der Waals surface area contributed by atoms with Gasteiger partial charge in [-0.2, -0.15) is 0 Å². The van der Waals surface area contributed by atoms with Crippen molar-refractivity contribution in [3.63, 3.8) is 0 Å². The summed E-state index contributed by atoms with van der Waals surface area (Å²) in [5.74, 6) is 0.825. The smallest absolute Gasteiger partial charge is 0.136 e. The zero-order valence-corrected chi connectivity index (χ0v) is 30.0. The topological polar surface area (TPSA) is 75.6 Å². The molecule has 0 fully saturated rings. The van der Waals surface area contributed by atoms with E-state index in [1.54, 1.807) is 0 Å². The van der Waals surface area contributed by atoms with Gasteiger partial charge in [-0.15, -0.1) is 0 Å². The average Bonchev–Trinajstić information content (AvgIpc) is 3.82. The number of aliphatic imine (C=N–C) groups is 1. The molecule has 0 aliphatic carbocycles. The quantitative estimate of drug-likeness (QED) is 0.189. The third-order valence-corrected chi connectivity index (χ3v) is 11.3. The first-order valence-electron chi connectivity index (χ1n) is 18.9. The molecule has 2 N–H and O–H groups in total. The third-order valence-electron chi connectivity index (χ3n) is 11.3. The van der Waals surface area contributed by atoms with Crippen molar-refractivity contribution < 1.29 is 8.83 Å². The van der Waals surface area contributed by atoms with Crippen molar-refractivity contribution in [3.05, 3.63) is 187 Å². The zero-order chi connectivity index (χ0) is 36.7. The highest BCUT2D eigenvalue weighted by atomic mass is 16.3. The number of rotatable bonds is 4. The number of nitrogens with zero attached hydrogens (tertiary/aromatic N) is 2. The number of benzene rings is 8. The van der Waals surface area contributed by atoms with Gasteiger partial charge in [0.2, 0.25) is 0 Å². The molecule has 56 heavy (non-hydrogen) atoms. The molecule has 0 saturated carbocycles. The SMILES string of the molecule is c1ccc2cc(C3=NC(c4cc(-c5cccc6oc7cc8cccnc8cc7c56)c5ccccc5c4)NC(c4ccc5c(c4)oc4ccccc45)N3)ccc2c1. The summed E-state index contributed by atoms with van der Waals surface area (Å²) in [6.45, 7) is 0. The van der Waals surface area contributed by atoms with Gasteiger partial charge in [-0.25, -0.2) is 4.99 Å². The Balaban J connectivity index is 1.04. The highest BCUT2D eigenvalue weighted by molar-refractivity contribution is 6.17. The number of hydrogen-bond acceptors (Lipinski definition) is 6. The molecule has 0 radical (unpaired) electrons. The molecule has 264 valence electrons. The van der Waals surface area contributed by atoms with E-state index in [9.17, 15) is 0 Å². The van der Waals surface area contributed by atoms with E-state index in [0.717, 1.165) is 99.2 Å². The number of nitrogens with one attached hydrogen (secondary N) is 2. The van der Waals surface area contributed by atoms with Crippen molar-refractivity contribution in [1.82, 2.24) is 15.6 Å². The molecule has 12 rings (SSSR count). The molecule has 1 aliphatic rings. The lowest BCUT2D eigenvalue weighted by Gasteiger charge is -2.32. The minimum atomic E-state index is -0.370. The van der Waals surface area contributed by atoms with Crippen LogP contribution in [-0.2, 0) is 0 Å². The summed E-state index contributed by atoms with van der Waals surface area (Å²) in [6, 6.07) is 57.5. The van der Waals surface area contributed by atoms with E-state index < -0.39 is 0 Å². The number of para-hydroxylation sites is 1. The van der Waals surface area contributed by atoms with Crippen LogP contribution in [0.2, 0.25) is 0 Å². The molecular formula is C50H32N4O2. The monoisotopic (exact) mass is 720 g/mol. The molecule has 4 heterocycles. The fraction of sp³-hybridized carbons (Fsp3) is 0.0400. The molecule has 2 unspecified atom stereocenters. The van der Waals surface area contributed by atoms with E-state index in [4.69, 9.17) is 13.8 Å². The van der Waals surface area contributed by atoms with E-state index in [-0.39, 0.29) is 12.3 Å². The van der Waals surface area contributed by atoms with Crippen LogP contribution in [0.5, 0.6) is 0 Å². The maximum absolute atomic E-state index is 6.51. The fourth-order valence-electron chi connectivity index (χ4n) is 8.64. The minimum absolute atomic E-state index is 0.256. The number of fused-ring (bicyclic) bond motifs is 9. The average molecular weight is 721 g/mol. The Morgan fingerprint density at radius 2 is 1.23 bits per heavy atom. The molecule has 1 aliphatic heterocycles. The van der Waals surface area contributed by atoms with Crippen molar-refractivity contribution in [1.29, 1.82) is 0 Å². The number of pyridine rings is 1. The molecule has 0 amide bonds. The van der Waals surface area contributed by atoms with Crippen LogP contribution in [-0.4, -0.2) is 10.8 Å². The van der Waals surface area contributed by atoms with Gasteiger partial charge in [0.05, 0.1) is 5.52 Å². The molecule has 6 heteroatoms. The Labute approximate surface area is 320 Å². The summed E-state index contributed by atoms with van der Waals surface area (Å²) >= 11 is 0. The number of aromatic nitrogens is 1. The van der Waals surface area contributed by atoms with Crippen LogP contribution in [0.1, 0.15) is 29.0 Å². The molecule has 6 nitrogen and oxygen atoms in total. The Kier molecular flexibility index (Phi) is 6.73. The molecule has 0 saturated heterocycles. The standard InChI is InChI=1S/C50H32N4O2/c1-2-10-30-23-33(19-18-29(30)9-1)48-52-49(34-20-21-38-37-14-5-6-16-43(37)55-45(38)27-34)54-50(53-48)35-24-31-11-3-4-13-36(31)40(25-35)39-15-7-17-44-47(39)41-28-42-32(12-8-22-51-42)26-46(41)56-44/h1-28,49-50,54H,(H,52,53). The normalized spacial score (nSPS) is 16.0. The van der Waals surface area contributed by atoms with Crippen LogP contribution in [0.25, 0.3) is 87.5 Å². The van der Waals surface area contributed by atoms with Crippen LogP contribution in [0.15, 0.2) is 184 Å².